The summed E-state index contributed by atoms with van der Waals surface area (Å²) in [6.45, 7) is 4.70. The summed E-state index contributed by atoms with van der Waals surface area (Å²) in [4.78, 5) is 15.9. The topological polar surface area (TPSA) is 109 Å². The smallest absolute Gasteiger partial charge is 0.370 e. The van der Waals surface area contributed by atoms with Gasteiger partial charge >= 0.3 is 6.18 Å². The zero-order chi connectivity index (χ0) is 30.7. The summed E-state index contributed by atoms with van der Waals surface area (Å²) in [7, 11) is 1.65. The van der Waals surface area contributed by atoms with Gasteiger partial charge in [0.2, 0.25) is 0 Å². The Morgan fingerprint density at radius 2 is 1.93 bits per heavy atom. The molecule has 9 nitrogen and oxygen atoms in total. The molecule has 0 spiro atoms. The number of hydrogen-bond donors (Lipinski definition) is 1. The molecule has 41 heavy (non-hydrogen) atoms. The first-order valence-electron chi connectivity index (χ1n) is 12.0. The van der Waals surface area contributed by atoms with E-state index in [4.69, 9.17) is 27.9 Å². The van der Waals surface area contributed by atoms with Gasteiger partial charge < -0.3 is 19.5 Å². The van der Waals surface area contributed by atoms with Crippen molar-refractivity contribution < 1.29 is 22.8 Å². The van der Waals surface area contributed by atoms with E-state index in [1.54, 1.807) is 50.5 Å². The Hall–Kier alpha value is -3.31. The number of pyridine rings is 1. The van der Waals surface area contributed by atoms with Gasteiger partial charge in [-0.2, -0.15) is 18.4 Å². The molecule has 0 aliphatic carbocycles. The molecule has 0 bridgehead atoms. The SMILES string of the molecule is CCN(Cc1ccc(Cl)nc1)/C(=C/[N+](=O)[O-])NC.CCOCn1c(-c2ccc(Cl)cc2)c(C#N)c(Br)c1C(F)(F)F. The van der Waals surface area contributed by atoms with E-state index in [1.807, 2.05) is 24.0 Å². The standard InChI is InChI=1S/C15H11BrClF3N2O.C11H15ClN4O2/c1-2-23-8-22-13(9-3-5-10(17)6-4-9)11(7-21)12(16)14(22)15(18,19)20;1-3-15(11(13-2)8-16(17)18)7-9-4-5-10(12)14-6-9/h3-6H,2,8H2,1H3;4-6,8,13H,3,7H2,1-2H3/b;11-8+. The van der Waals surface area contributed by atoms with Crippen LogP contribution in [-0.2, 0) is 24.2 Å². The molecule has 0 atom stereocenters. The number of nitrogens with one attached hydrogen (secondary N) is 1. The van der Waals surface area contributed by atoms with Gasteiger partial charge in [0.25, 0.3) is 6.20 Å². The number of rotatable bonds is 10. The van der Waals surface area contributed by atoms with Crippen LogP contribution < -0.4 is 5.32 Å². The van der Waals surface area contributed by atoms with Crippen LogP contribution in [0, 0.1) is 21.4 Å². The van der Waals surface area contributed by atoms with E-state index >= 15 is 0 Å². The third kappa shape index (κ3) is 9.36. The minimum Gasteiger partial charge on any atom is -0.370 e. The molecule has 3 aromatic rings. The highest BCUT2D eigenvalue weighted by Crippen LogP contribution is 2.43. The highest BCUT2D eigenvalue weighted by molar-refractivity contribution is 9.10. The Kier molecular flexibility index (Phi) is 12.9. The minimum absolute atomic E-state index is 0.0978. The van der Waals surface area contributed by atoms with Gasteiger partial charge in [-0.05, 0) is 59.1 Å². The first-order chi connectivity index (χ1) is 19.4. The van der Waals surface area contributed by atoms with Gasteiger partial charge in [-0.25, -0.2) is 4.98 Å². The molecular formula is C26H26BrCl2F3N6O3. The van der Waals surface area contributed by atoms with Crippen molar-refractivity contribution in [2.24, 2.45) is 0 Å². The third-order valence-electron chi connectivity index (χ3n) is 5.49. The molecule has 220 valence electrons. The van der Waals surface area contributed by atoms with E-state index in [2.05, 4.69) is 26.2 Å². The maximum atomic E-state index is 13.4. The lowest BCUT2D eigenvalue weighted by atomic mass is 10.1. The predicted octanol–water partition coefficient (Wildman–Crippen LogP) is 7.31. The number of nitro groups is 1. The molecule has 3 rings (SSSR count). The van der Waals surface area contributed by atoms with Gasteiger partial charge in [0.1, 0.15) is 23.6 Å². The molecule has 0 unspecified atom stereocenters. The van der Waals surface area contributed by atoms with Crippen molar-refractivity contribution in [1.82, 2.24) is 19.8 Å². The van der Waals surface area contributed by atoms with Gasteiger partial charge in [-0.3, -0.25) is 10.1 Å². The fourth-order valence-electron chi connectivity index (χ4n) is 3.68. The van der Waals surface area contributed by atoms with Crippen molar-refractivity contribution in [3.63, 3.8) is 0 Å². The summed E-state index contributed by atoms with van der Waals surface area (Å²) in [5, 5.41) is 23.5. The second-order valence-electron chi connectivity index (χ2n) is 8.11. The average molecular weight is 678 g/mol. The van der Waals surface area contributed by atoms with E-state index < -0.39 is 16.8 Å². The number of alkyl halides is 3. The maximum Gasteiger partial charge on any atom is 0.432 e. The monoisotopic (exact) mass is 676 g/mol. The molecule has 0 aliphatic rings. The molecule has 1 aromatic carbocycles. The molecule has 0 fully saturated rings. The van der Waals surface area contributed by atoms with Crippen LogP contribution in [0.25, 0.3) is 11.3 Å². The van der Waals surface area contributed by atoms with E-state index in [1.165, 1.54) is 0 Å². The van der Waals surface area contributed by atoms with Crippen molar-refractivity contribution in [3.05, 3.63) is 96.2 Å². The number of hydrogen-bond acceptors (Lipinski definition) is 7. The van der Waals surface area contributed by atoms with E-state index in [9.17, 15) is 28.5 Å². The number of nitriles is 1. The van der Waals surface area contributed by atoms with E-state index in [0.29, 0.717) is 34.6 Å². The summed E-state index contributed by atoms with van der Waals surface area (Å²) in [5.74, 6) is 0.456. The van der Waals surface area contributed by atoms with Crippen molar-refractivity contribution >= 4 is 39.1 Å². The summed E-state index contributed by atoms with van der Waals surface area (Å²) in [6, 6.07) is 11.6. The Balaban J connectivity index is 0.000000296. The van der Waals surface area contributed by atoms with Gasteiger partial charge in [-0.15, -0.1) is 0 Å². The lowest BCUT2D eigenvalue weighted by molar-refractivity contribution is -0.404. The number of halogens is 6. The number of nitrogens with zero attached hydrogens (tertiary/aromatic N) is 5. The van der Waals surface area contributed by atoms with Crippen molar-refractivity contribution in [2.45, 2.75) is 33.3 Å². The highest BCUT2D eigenvalue weighted by atomic mass is 79.9. The zero-order valence-corrected chi connectivity index (χ0v) is 25.3. The summed E-state index contributed by atoms with van der Waals surface area (Å²) in [5.41, 5.74) is 0.469. The van der Waals surface area contributed by atoms with Crippen LogP contribution in [0.2, 0.25) is 10.2 Å². The Morgan fingerprint density at radius 3 is 2.39 bits per heavy atom. The van der Waals surface area contributed by atoms with Crippen LogP contribution in [-0.4, -0.2) is 39.6 Å². The van der Waals surface area contributed by atoms with Crippen molar-refractivity contribution in [2.75, 3.05) is 20.2 Å². The van der Waals surface area contributed by atoms with Gasteiger partial charge in [-0.1, -0.05) is 41.4 Å². The first-order valence-corrected chi connectivity index (χ1v) is 13.5. The van der Waals surface area contributed by atoms with Crippen LogP contribution in [0.5, 0.6) is 0 Å². The molecule has 0 amide bonds. The molecule has 0 saturated carbocycles. The predicted molar refractivity (Wildman–Crippen MR) is 153 cm³/mol. The average Bonchev–Trinajstić information content (AvgIpc) is 3.22. The molecule has 0 radical (unpaired) electrons. The lowest BCUT2D eigenvalue weighted by Crippen LogP contribution is -2.30. The maximum absolute atomic E-state index is 13.4. The number of benzene rings is 1. The molecule has 0 aliphatic heterocycles. The normalized spacial score (nSPS) is 11.4. The molecular weight excluding hydrogens is 652 g/mol. The summed E-state index contributed by atoms with van der Waals surface area (Å²) < 4.78 is 46.0. The largest absolute Gasteiger partial charge is 0.432 e. The molecule has 2 aromatic heterocycles. The van der Waals surface area contributed by atoms with Crippen molar-refractivity contribution in [1.29, 1.82) is 5.26 Å². The molecule has 0 saturated heterocycles. The van der Waals surface area contributed by atoms with Crippen LogP contribution in [0.3, 0.4) is 0 Å². The van der Waals surface area contributed by atoms with Crippen LogP contribution in [0.15, 0.2) is 59.1 Å². The fraction of sp³-hybridized carbons (Fsp3) is 0.308. The van der Waals surface area contributed by atoms with Crippen LogP contribution >= 0.6 is 39.1 Å². The number of aromatic nitrogens is 2. The van der Waals surface area contributed by atoms with Crippen LogP contribution in [0.1, 0.15) is 30.7 Å². The van der Waals surface area contributed by atoms with Crippen LogP contribution in [0.4, 0.5) is 13.2 Å². The first kappa shape index (κ1) is 33.9. The summed E-state index contributed by atoms with van der Waals surface area (Å²) in [6.07, 6.45) is -2.02. The second kappa shape index (κ2) is 15.6. The Bertz CT molecular complexity index is 1390. The van der Waals surface area contributed by atoms with Gasteiger partial charge in [0.05, 0.1) is 20.7 Å². The molecule has 15 heteroatoms. The van der Waals surface area contributed by atoms with Gasteiger partial charge in [0, 0.05) is 38.0 Å². The summed E-state index contributed by atoms with van der Waals surface area (Å²) >= 11 is 14.4. The van der Waals surface area contributed by atoms with E-state index in [-0.39, 0.29) is 29.1 Å². The molecule has 2 heterocycles. The van der Waals surface area contributed by atoms with Crippen molar-refractivity contribution in [3.8, 4) is 17.3 Å². The minimum atomic E-state index is -4.63. The third-order valence-corrected chi connectivity index (χ3v) is 6.74. The highest BCUT2D eigenvalue weighted by Gasteiger charge is 2.40. The quantitative estimate of drug-likeness (QED) is 0.136. The second-order valence-corrected chi connectivity index (χ2v) is 9.72. The van der Waals surface area contributed by atoms with Gasteiger partial charge in [0.15, 0.2) is 5.82 Å². The Morgan fingerprint density at radius 1 is 1.27 bits per heavy atom. The molecule has 1 N–H and O–H groups in total. The zero-order valence-electron chi connectivity index (χ0n) is 22.2. The lowest BCUT2D eigenvalue weighted by Gasteiger charge is -2.23. The Labute approximate surface area is 253 Å². The van der Waals surface area contributed by atoms with E-state index in [0.717, 1.165) is 16.3 Å². The fourth-order valence-corrected chi connectivity index (χ4v) is 4.63. The number of ether oxygens (including phenoxy) is 1.